The molecule has 0 radical (unpaired) electrons. The number of benzene rings is 2. The van der Waals surface area contributed by atoms with E-state index >= 15 is 0 Å². The Morgan fingerprint density at radius 3 is 2.46 bits per heavy atom. The van der Waals surface area contributed by atoms with Crippen LogP contribution in [0, 0.1) is 10.1 Å². The van der Waals surface area contributed by atoms with Crippen LogP contribution in [0.3, 0.4) is 0 Å². The summed E-state index contributed by atoms with van der Waals surface area (Å²) < 4.78 is 10.3. The van der Waals surface area contributed by atoms with Crippen LogP contribution >= 0.6 is 0 Å². The number of nitrogens with zero attached hydrogens (tertiary/aromatic N) is 1. The lowest BCUT2D eigenvalue weighted by Gasteiger charge is -2.12. The highest BCUT2D eigenvalue weighted by Crippen LogP contribution is 2.29. The van der Waals surface area contributed by atoms with E-state index in [9.17, 15) is 14.9 Å². The number of para-hydroxylation sites is 2. The van der Waals surface area contributed by atoms with Gasteiger partial charge in [-0.15, -0.1) is 0 Å². The van der Waals surface area contributed by atoms with E-state index in [1.165, 1.54) is 25.3 Å². The Morgan fingerprint density at radius 2 is 1.79 bits per heavy atom. The van der Waals surface area contributed by atoms with Crippen LogP contribution < -0.4 is 20.1 Å². The Bertz CT molecular complexity index is 748. The molecule has 0 heterocycles. The fourth-order valence-corrected chi connectivity index (χ4v) is 2.06. The first-order valence-corrected chi connectivity index (χ1v) is 7.04. The fraction of sp³-hybridized carbons (Fsp3) is 0.188. The monoisotopic (exact) mass is 331 g/mol. The first-order chi connectivity index (χ1) is 11.5. The summed E-state index contributed by atoms with van der Waals surface area (Å²) in [5, 5.41) is 16.4. The van der Waals surface area contributed by atoms with Gasteiger partial charge in [-0.05, 0) is 18.2 Å². The topological polar surface area (TPSA) is 103 Å². The molecule has 1 amide bonds. The van der Waals surface area contributed by atoms with Crippen LogP contribution in [0.5, 0.6) is 11.5 Å². The number of nitro benzene ring substituents is 1. The van der Waals surface area contributed by atoms with Crippen LogP contribution in [0.4, 0.5) is 17.1 Å². The maximum Gasteiger partial charge on any atom is 0.273 e. The number of hydrogen-bond donors (Lipinski definition) is 2. The molecular weight excluding hydrogens is 314 g/mol. The molecule has 0 saturated heterocycles. The lowest BCUT2D eigenvalue weighted by atomic mass is 10.2. The van der Waals surface area contributed by atoms with Gasteiger partial charge in [-0.2, -0.15) is 0 Å². The van der Waals surface area contributed by atoms with Gasteiger partial charge in [-0.1, -0.05) is 12.1 Å². The molecule has 0 aliphatic carbocycles. The summed E-state index contributed by atoms with van der Waals surface area (Å²) in [6, 6.07) is 11.2. The SMILES string of the molecule is COc1ccccc1NCC(=O)Nc1ccc([N+](=O)[O-])cc1OC. The van der Waals surface area contributed by atoms with Crippen molar-refractivity contribution >= 4 is 23.0 Å². The second-order valence-corrected chi connectivity index (χ2v) is 4.74. The predicted octanol–water partition coefficient (Wildman–Crippen LogP) is 2.66. The van der Waals surface area contributed by atoms with E-state index in [1.807, 2.05) is 12.1 Å². The summed E-state index contributed by atoms with van der Waals surface area (Å²) in [6.07, 6.45) is 0. The van der Waals surface area contributed by atoms with Gasteiger partial charge in [0, 0.05) is 6.07 Å². The standard InChI is InChI=1S/C16H17N3O5/c1-23-14-6-4-3-5-12(14)17-10-16(20)18-13-8-7-11(19(21)22)9-15(13)24-2/h3-9,17H,10H2,1-2H3,(H,18,20). The number of nitrogens with one attached hydrogen (secondary N) is 2. The van der Waals surface area contributed by atoms with Crippen molar-refractivity contribution in [1.29, 1.82) is 0 Å². The number of nitro groups is 1. The molecule has 0 aliphatic rings. The van der Waals surface area contributed by atoms with Crippen molar-refractivity contribution in [3.63, 3.8) is 0 Å². The van der Waals surface area contributed by atoms with Crippen LogP contribution in [0.1, 0.15) is 0 Å². The van der Waals surface area contributed by atoms with Crippen molar-refractivity contribution in [3.8, 4) is 11.5 Å². The molecule has 0 unspecified atom stereocenters. The van der Waals surface area contributed by atoms with Gasteiger partial charge in [0.25, 0.3) is 5.69 Å². The second-order valence-electron chi connectivity index (χ2n) is 4.74. The van der Waals surface area contributed by atoms with Crippen molar-refractivity contribution in [2.75, 3.05) is 31.4 Å². The Morgan fingerprint density at radius 1 is 1.08 bits per heavy atom. The third-order valence-electron chi connectivity index (χ3n) is 3.22. The van der Waals surface area contributed by atoms with Gasteiger partial charge in [0.15, 0.2) is 0 Å². The van der Waals surface area contributed by atoms with E-state index in [-0.39, 0.29) is 23.9 Å². The molecule has 0 aliphatic heterocycles. The molecule has 8 nitrogen and oxygen atoms in total. The summed E-state index contributed by atoms with van der Waals surface area (Å²) in [5.74, 6) is 0.515. The Labute approximate surface area is 138 Å². The van der Waals surface area contributed by atoms with Gasteiger partial charge in [-0.25, -0.2) is 0 Å². The Balaban J connectivity index is 2.03. The van der Waals surface area contributed by atoms with Crippen LogP contribution in [-0.4, -0.2) is 31.6 Å². The number of methoxy groups -OCH3 is 2. The molecular formula is C16H17N3O5. The molecule has 126 valence electrons. The van der Waals surface area contributed by atoms with Crippen LogP contribution in [-0.2, 0) is 4.79 Å². The summed E-state index contributed by atoms with van der Waals surface area (Å²) in [5.41, 5.74) is 0.928. The largest absolute Gasteiger partial charge is 0.495 e. The van der Waals surface area contributed by atoms with E-state index in [2.05, 4.69) is 10.6 Å². The predicted molar refractivity (Wildman–Crippen MR) is 89.8 cm³/mol. The average molecular weight is 331 g/mol. The average Bonchev–Trinajstić information content (AvgIpc) is 2.60. The minimum Gasteiger partial charge on any atom is -0.495 e. The lowest BCUT2D eigenvalue weighted by molar-refractivity contribution is -0.384. The summed E-state index contributed by atoms with van der Waals surface area (Å²) >= 11 is 0. The highest BCUT2D eigenvalue weighted by Gasteiger charge is 2.13. The zero-order chi connectivity index (χ0) is 17.5. The van der Waals surface area contributed by atoms with E-state index in [4.69, 9.17) is 9.47 Å². The van der Waals surface area contributed by atoms with Gasteiger partial charge in [-0.3, -0.25) is 14.9 Å². The van der Waals surface area contributed by atoms with Crippen molar-refractivity contribution in [2.24, 2.45) is 0 Å². The number of carbonyl (C=O) groups excluding carboxylic acids is 1. The Hall–Kier alpha value is -3.29. The number of carbonyl (C=O) groups is 1. The van der Waals surface area contributed by atoms with Crippen LogP contribution in [0.2, 0.25) is 0 Å². The number of amides is 1. The highest BCUT2D eigenvalue weighted by atomic mass is 16.6. The maximum atomic E-state index is 12.1. The molecule has 2 N–H and O–H groups in total. The van der Waals surface area contributed by atoms with Crippen molar-refractivity contribution in [3.05, 3.63) is 52.6 Å². The molecule has 0 aromatic heterocycles. The third kappa shape index (κ3) is 4.13. The molecule has 0 spiro atoms. The van der Waals surface area contributed by atoms with Crippen LogP contribution in [0.25, 0.3) is 0 Å². The van der Waals surface area contributed by atoms with Crippen molar-refractivity contribution < 1.29 is 19.2 Å². The number of anilines is 2. The normalized spacial score (nSPS) is 9.92. The number of non-ortho nitro benzene ring substituents is 1. The maximum absolute atomic E-state index is 12.1. The first kappa shape index (κ1) is 17.1. The molecule has 0 atom stereocenters. The van der Waals surface area contributed by atoms with Gasteiger partial charge in [0.05, 0.1) is 43.1 Å². The van der Waals surface area contributed by atoms with Crippen molar-refractivity contribution in [1.82, 2.24) is 0 Å². The second kappa shape index (κ2) is 7.82. The van der Waals surface area contributed by atoms with Crippen molar-refractivity contribution in [2.45, 2.75) is 0 Å². The Kier molecular flexibility index (Phi) is 5.56. The molecule has 0 fully saturated rings. The highest BCUT2D eigenvalue weighted by molar-refractivity contribution is 5.95. The molecule has 2 aromatic rings. The quantitative estimate of drug-likeness (QED) is 0.597. The van der Waals surface area contributed by atoms with Gasteiger partial charge < -0.3 is 20.1 Å². The molecule has 2 rings (SSSR count). The molecule has 0 saturated carbocycles. The summed E-state index contributed by atoms with van der Waals surface area (Å²) in [4.78, 5) is 22.3. The van der Waals surface area contributed by atoms with Gasteiger partial charge >= 0.3 is 0 Å². The number of rotatable bonds is 7. The van der Waals surface area contributed by atoms with E-state index in [0.29, 0.717) is 17.1 Å². The minimum atomic E-state index is -0.530. The zero-order valence-electron chi connectivity index (χ0n) is 13.2. The van der Waals surface area contributed by atoms with Gasteiger partial charge in [0.2, 0.25) is 5.91 Å². The van der Waals surface area contributed by atoms with E-state index < -0.39 is 4.92 Å². The smallest absolute Gasteiger partial charge is 0.273 e. The minimum absolute atomic E-state index is 0.000511. The number of ether oxygens (including phenoxy) is 2. The molecule has 8 heteroatoms. The molecule has 2 aromatic carbocycles. The zero-order valence-corrected chi connectivity index (χ0v) is 13.2. The third-order valence-corrected chi connectivity index (χ3v) is 3.22. The lowest BCUT2D eigenvalue weighted by Crippen LogP contribution is -2.22. The van der Waals surface area contributed by atoms with Crippen LogP contribution in [0.15, 0.2) is 42.5 Å². The van der Waals surface area contributed by atoms with E-state index in [1.54, 1.807) is 19.2 Å². The summed E-state index contributed by atoms with van der Waals surface area (Å²) in [6.45, 7) is 0.000511. The van der Waals surface area contributed by atoms with Gasteiger partial charge in [0.1, 0.15) is 11.5 Å². The molecule has 0 bridgehead atoms. The fourth-order valence-electron chi connectivity index (χ4n) is 2.06. The number of hydrogen-bond acceptors (Lipinski definition) is 6. The molecule has 24 heavy (non-hydrogen) atoms. The first-order valence-electron chi connectivity index (χ1n) is 7.04. The van der Waals surface area contributed by atoms with E-state index in [0.717, 1.165) is 0 Å². The summed E-state index contributed by atoms with van der Waals surface area (Å²) in [7, 11) is 2.92.